The van der Waals surface area contributed by atoms with Crippen LogP contribution in [-0.2, 0) is 23.4 Å². The fourth-order valence-corrected chi connectivity index (χ4v) is 22.1. The summed E-state index contributed by atoms with van der Waals surface area (Å²) in [5, 5.41) is 0.821. The van der Waals surface area contributed by atoms with Crippen molar-refractivity contribution in [1.29, 1.82) is 0 Å². The number of rotatable bonds is 16. The lowest BCUT2D eigenvalue weighted by Gasteiger charge is -2.45. The second-order valence-corrected chi connectivity index (χ2v) is 25.4. The van der Waals surface area contributed by atoms with Gasteiger partial charge in [-0.2, -0.15) is 21.0 Å². The van der Waals surface area contributed by atoms with Crippen molar-refractivity contribution >= 4 is 47.7 Å². The molecule has 11 heteroatoms. The first-order valence-corrected chi connectivity index (χ1v) is 21.4. The zero-order valence-corrected chi connectivity index (χ0v) is 26.2. The first kappa shape index (κ1) is 34.0. The molecule has 0 aliphatic heterocycles. The van der Waals surface area contributed by atoms with Crippen LogP contribution in [0, 0.1) is 0 Å². The van der Waals surface area contributed by atoms with Gasteiger partial charge < -0.3 is 13.3 Å². The summed E-state index contributed by atoms with van der Waals surface area (Å²) in [7, 11) is -3.88. The Kier molecular flexibility index (Phi) is 18.0. The molecule has 0 amide bonds. The molecule has 1 N–H and O–H groups in total. The molecule has 0 radical (unpaired) electrons. The molecule has 0 heterocycles. The van der Waals surface area contributed by atoms with Gasteiger partial charge in [0.25, 0.3) is 10.1 Å². The summed E-state index contributed by atoms with van der Waals surface area (Å²) in [5.41, 5.74) is 0. The van der Waals surface area contributed by atoms with Crippen molar-refractivity contribution in [3.63, 3.8) is 0 Å². The van der Waals surface area contributed by atoms with Gasteiger partial charge in [-0.3, -0.25) is 4.55 Å². The molecule has 0 aromatic heterocycles. The zero-order chi connectivity index (χ0) is 24.8. The van der Waals surface area contributed by atoms with Gasteiger partial charge in [-0.05, 0) is 18.6 Å². The standard InChI is InChI=1S/C14H34O3SSi2.C6H16O3SSi/c1-7-19(6,13-11-12-18(15,16)17)14(5)20(8-2,9-3)10-4;1-7-11(8-2,9-3)6-4-5-10/h14H,7-13H2,1-6H3,(H,15,16,17);10H,4-6H2,1-3H3. The molecule has 0 bridgehead atoms. The Morgan fingerprint density at radius 1 is 0.871 bits per heavy atom. The third-order valence-electron chi connectivity index (χ3n) is 7.61. The van der Waals surface area contributed by atoms with Crippen molar-refractivity contribution in [1.82, 2.24) is 0 Å². The fourth-order valence-electron chi connectivity index (χ4n) is 4.62. The van der Waals surface area contributed by atoms with Gasteiger partial charge in [0.1, 0.15) is 0 Å². The average molecular weight is 535 g/mol. The van der Waals surface area contributed by atoms with Crippen LogP contribution in [-0.4, -0.2) is 70.8 Å². The fraction of sp³-hybridized carbons (Fsp3) is 1.00. The molecule has 6 nitrogen and oxygen atoms in total. The molecule has 2 atom stereocenters. The second kappa shape index (κ2) is 16.4. The first-order chi connectivity index (χ1) is 14.3. The molecule has 0 saturated carbocycles. The maximum absolute atomic E-state index is 10.9. The van der Waals surface area contributed by atoms with Gasteiger partial charge in [-0.25, -0.2) is 0 Å². The van der Waals surface area contributed by atoms with Crippen LogP contribution in [0.15, 0.2) is 0 Å². The number of thiol groups is 1. The Morgan fingerprint density at radius 3 is 1.61 bits per heavy atom. The topological polar surface area (TPSA) is 82.1 Å². The van der Waals surface area contributed by atoms with Crippen LogP contribution in [0.5, 0.6) is 0 Å². The predicted octanol–water partition coefficient (Wildman–Crippen LogP) is 5.99. The number of hydrogen-bond acceptors (Lipinski definition) is 6. The van der Waals surface area contributed by atoms with Crippen LogP contribution in [0.2, 0.25) is 48.0 Å². The van der Waals surface area contributed by atoms with E-state index in [0.29, 0.717) is 6.42 Å². The number of hydrogen-bond donors (Lipinski definition) is 2. The zero-order valence-electron chi connectivity index (χ0n) is 21.5. The minimum absolute atomic E-state index is 0.0682. The average Bonchev–Trinajstić information content (AvgIpc) is 2.76. The summed E-state index contributed by atoms with van der Waals surface area (Å²) >= 11 is 4.10. The molecule has 2 unspecified atom stereocenters. The lowest BCUT2D eigenvalue weighted by atomic mass is 10.6. The van der Waals surface area contributed by atoms with Crippen molar-refractivity contribution in [3.8, 4) is 0 Å². The molecule has 0 aliphatic rings. The molecule has 0 aliphatic carbocycles. The van der Waals surface area contributed by atoms with Gasteiger partial charge in [0.2, 0.25) is 0 Å². The molecule has 0 saturated heterocycles. The minimum Gasteiger partial charge on any atom is -0.377 e. The smallest absolute Gasteiger partial charge is 0.377 e. The Labute approximate surface area is 201 Å². The van der Waals surface area contributed by atoms with Crippen LogP contribution >= 0.6 is 12.6 Å². The summed E-state index contributed by atoms with van der Waals surface area (Å²) in [6.07, 6.45) is 1.59. The van der Waals surface area contributed by atoms with E-state index >= 15 is 0 Å². The second-order valence-electron chi connectivity index (χ2n) is 8.66. The molecule has 0 aromatic rings. The Morgan fingerprint density at radius 2 is 1.32 bits per heavy atom. The first-order valence-electron chi connectivity index (χ1n) is 11.6. The van der Waals surface area contributed by atoms with Crippen LogP contribution in [0.25, 0.3) is 0 Å². The SMILES string of the molecule is CC[Si](C)(CCCS(=O)(=O)O)C(C)[Si](CC)(CC)CC.CO[Si](CCCS)(OC)OC. The molecule has 0 spiro atoms. The summed E-state index contributed by atoms with van der Waals surface area (Å²) in [6.45, 7) is 14.2. The van der Waals surface area contributed by atoms with E-state index in [4.69, 9.17) is 17.8 Å². The lowest BCUT2D eigenvalue weighted by molar-refractivity contribution is 0.123. The van der Waals surface area contributed by atoms with Gasteiger partial charge in [0.05, 0.1) is 21.9 Å². The van der Waals surface area contributed by atoms with Crippen molar-refractivity contribution in [2.75, 3.05) is 32.8 Å². The summed E-state index contributed by atoms with van der Waals surface area (Å²) in [4.78, 5) is 0. The summed E-state index contributed by atoms with van der Waals surface area (Å²) < 4.78 is 46.4. The third-order valence-corrected chi connectivity index (χ3v) is 26.8. The highest BCUT2D eigenvalue weighted by atomic mass is 32.2. The third kappa shape index (κ3) is 11.7. The molecule has 0 aromatic carbocycles. The van der Waals surface area contributed by atoms with Crippen molar-refractivity contribution in [3.05, 3.63) is 0 Å². The van der Waals surface area contributed by atoms with Crippen LogP contribution < -0.4 is 0 Å². The van der Waals surface area contributed by atoms with Crippen molar-refractivity contribution in [2.45, 2.75) is 95.4 Å². The molecule has 31 heavy (non-hydrogen) atoms. The maximum atomic E-state index is 10.9. The Balaban J connectivity index is 0. The van der Waals surface area contributed by atoms with E-state index in [2.05, 4.69) is 53.8 Å². The molecule has 0 fully saturated rings. The monoisotopic (exact) mass is 534 g/mol. The minimum atomic E-state index is -3.80. The van der Waals surface area contributed by atoms with E-state index < -0.39 is 35.1 Å². The van der Waals surface area contributed by atoms with Crippen molar-refractivity contribution < 1.29 is 26.2 Å². The normalized spacial score (nSPS) is 15.7. The van der Waals surface area contributed by atoms with Crippen molar-refractivity contribution in [2.24, 2.45) is 0 Å². The molecular weight excluding hydrogens is 485 g/mol. The Hall–Kier alpha value is 0.791. The summed E-state index contributed by atoms with van der Waals surface area (Å²) in [5.74, 6) is 0.770. The van der Waals surface area contributed by atoms with E-state index in [-0.39, 0.29) is 5.75 Å². The van der Waals surface area contributed by atoms with Crippen LogP contribution in [0.3, 0.4) is 0 Å². The predicted molar refractivity (Wildman–Crippen MR) is 145 cm³/mol. The van der Waals surface area contributed by atoms with E-state index in [9.17, 15) is 8.42 Å². The van der Waals surface area contributed by atoms with Crippen LogP contribution in [0.1, 0.15) is 47.5 Å². The van der Waals surface area contributed by atoms with Gasteiger partial charge >= 0.3 is 8.80 Å². The van der Waals surface area contributed by atoms with E-state index in [1.54, 1.807) is 21.3 Å². The van der Waals surface area contributed by atoms with E-state index in [1.165, 1.54) is 24.2 Å². The van der Waals surface area contributed by atoms with Gasteiger partial charge in [-0.15, -0.1) is 0 Å². The Bertz CT molecular complexity index is 541. The quantitative estimate of drug-likeness (QED) is 0.144. The van der Waals surface area contributed by atoms with E-state index in [0.717, 1.165) is 29.4 Å². The summed E-state index contributed by atoms with van der Waals surface area (Å²) in [6, 6.07) is 7.08. The largest absolute Gasteiger partial charge is 0.500 e. The van der Waals surface area contributed by atoms with Crippen LogP contribution in [0.4, 0.5) is 0 Å². The lowest BCUT2D eigenvalue weighted by Crippen LogP contribution is -2.50. The van der Waals surface area contributed by atoms with Gasteiger partial charge in [-0.1, -0.05) is 76.6 Å². The van der Waals surface area contributed by atoms with Gasteiger partial charge in [0, 0.05) is 27.4 Å². The molecule has 0 rings (SSSR count). The van der Waals surface area contributed by atoms with E-state index in [1.807, 2.05) is 0 Å². The highest BCUT2D eigenvalue weighted by molar-refractivity contribution is 7.85. The molecule has 190 valence electrons. The highest BCUT2D eigenvalue weighted by Crippen LogP contribution is 2.43. The van der Waals surface area contributed by atoms with Gasteiger partial charge in [0.15, 0.2) is 0 Å². The highest BCUT2D eigenvalue weighted by Gasteiger charge is 2.44. The molecular formula is C20H50O6S2Si3. The maximum Gasteiger partial charge on any atom is 0.500 e.